The number of anilines is 1. The van der Waals surface area contributed by atoms with Gasteiger partial charge in [-0.15, -0.1) is 0 Å². The van der Waals surface area contributed by atoms with Crippen molar-refractivity contribution in [3.8, 4) is 5.75 Å². The van der Waals surface area contributed by atoms with Crippen LogP contribution < -0.4 is 10.1 Å². The number of hydrogen-bond donors (Lipinski definition) is 1. The molecule has 0 saturated heterocycles. The maximum Gasteiger partial charge on any atom is 0.416 e. The molecular weight excluding hydrogens is 596 g/mol. The number of alkyl halides is 6. The molecule has 1 fully saturated rings. The van der Waals surface area contributed by atoms with Gasteiger partial charge >= 0.3 is 12.4 Å². The van der Waals surface area contributed by atoms with Gasteiger partial charge in [-0.1, -0.05) is 62.4 Å². The van der Waals surface area contributed by atoms with Crippen LogP contribution in [-0.2, 0) is 35.0 Å². The highest BCUT2D eigenvalue weighted by molar-refractivity contribution is 5.54. The van der Waals surface area contributed by atoms with E-state index in [1.807, 2.05) is 48.5 Å². The highest BCUT2D eigenvalue weighted by Crippen LogP contribution is 2.45. The van der Waals surface area contributed by atoms with Crippen LogP contribution in [0.4, 0.5) is 32.0 Å². The summed E-state index contributed by atoms with van der Waals surface area (Å²) in [6, 6.07) is 17.1. The van der Waals surface area contributed by atoms with Gasteiger partial charge in [0.1, 0.15) is 23.6 Å². The zero-order valence-corrected chi connectivity index (χ0v) is 25.4. The Morgan fingerprint density at radius 1 is 0.800 bits per heavy atom. The van der Waals surface area contributed by atoms with Gasteiger partial charge in [0.15, 0.2) is 0 Å². The lowest BCUT2D eigenvalue weighted by molar-refractivity contribution is -0.168. The first-order chi connectivity index (χ1) is 21.3. The minimum Gasteiger partial charge on any atom is -0.485 e. The maximum atomic E-state index is 13.5. The molecule has 0 radical (unpaired) electrons. The minimum atomic E-state index is -4.95. The van der Waals surface area contributed by atoms with Gasteiger partial charge in [0.2, 0.25) is 0 Å². The van der Waals surface area contributed by atoms with Crippen LogP contribution in [-0.4, -0.2) is 18.3 Å². The fourth-order valence-electron chi connectivity index (χ4n) is 6.23. The third-order valence-electron chi connectivity index (χ3n) is 8.61. The Morgan fingerprint density at radius 2 is 1.47 bits per heavy atom. The predicted octanol–water partition coefficient (Wildman–Crippen LogP) is 10.1. The summed E-state index contributed by atoms with van der Waals surface area (Å²) in [5.74, 6) is 1.14. The lowest BCUT2D eigenvalue weighted by Crippen LogP contribution is -2.51. The van der Waals surface area contributed by atoms with Crippen LogP contribution in [0, 0.1) is 5.92 Å². The van der Waals surface area contributed by atoms with Crippen molar-refractivity contribution < 1.29 is 40.6 Å². The summed E-state index contributed by atoms with van der Waals surface area (Å²) in [5.41, 5.74) is -1.39. The summed E-state index contributed by atoms with van der Waals surface area (Å²) in [6.45, 7) is 4.10. The van der Waals surface area contributed by atoms with E-state index >= 15 is 0 Å². The Morgan fingerprint density at radius 3 is 2.11 bits per heavy atom. The van der Waals surface area contributed by atoms with Gasteiger partial charge in [-0.25, -0.2) is 0 Å². The van der Waals surface area contributed by atoms with Crippen molar-refractivity contribution in [2.24, 2.45) is 5.92 Å². The second kappa shape index (κ2) is 13.6. The van der Waals surface area contributed by atoms with Crippen LogP contribution in [0.3, 0.4) is 0 Å². The molecule has 0 bridgehead atoms. The summed E-state index contributed by atoms with van der Waals surface area (Å²) in [4.78, 5) is 0. The summed E-state index contributed by atoms with van der Waals surface area (Å²) < 4.78 is 100. The molecule has 1 heterocycles. The molecule has 3 aromatic rings. The van der Waals surface area contributed by atoms with Crippen molar-refractivity contribution >= 4 is 5.69 Å². The van der Waals surface area contributed by atoms with Crippen molar-refractivity contribution in [3.05, 3.63) is 94.5 Å². The monoisotopic (exact) mass is 635 g/mol. The van der Waals surface area contributed by atoms with Crippen molar-refractivity contribution in [1.29, 1.82) is 0 Å². The van der Waals surface area contributed by atoms with Gasteiger partial charge in [-0.05, 0) is 73.7 Å². The zero-order chi connectivity index (χ0) is 32.2. The second-order valence-electron chi connectivity index (χ2n) is 12.5. The molecule has 1 aliphatic heterocycles. The molecule has 1 saturated carbocycles. The van der Waals surface area contributed by atoms with E-state index in [-0.39, 0.29) is 11.6 Å². The van der Waals surface area contributed by atoms with Crippen LogP contribution in [0.5, 0.6) is 5.75 Å². The number of rotatable bonds is 10. The number of ether oxygens (including phenoxy) is 3. The molecule has 4 nitrogen and oxygen atoms in total. The quantitative estimate of drug-likeness (QED) is 0.225. The molecule has 1 N–H and O–H groups in total. The Labute approximate surface area is 260 Å². The molecule has 0 amide bonds. The molecular formula is C35H39F6NO3. The van der Waals surface area contributed by atoms with Crippen LogP contribution in [0.1, 0.15) is 86.3 Å². The molecule has 2 unspecified atom stereocenters. The van der Waals surface area contributed by atoms with Crippen LogP contribution >= 0.6 is 0 Å². The standard InChI is InChI=1S/C35H39F6NO3/c1-33(2)32(44-22-25-17-26(34(36,37)38)19-27(18-25)35(39,40)41)31(43-16-15-23-9-5-3-6-10-23)29-20-28(13-14-30(29)45-33)42-21-24-11-7-4-8-12-24/h4,7-8,11-14,17-20,23,31-32,42H,3,5-6,9-10,15-16,21-22H2,1-2H3. The van der Waals surface area contributed by atoms with E-state index in [0.717, 1.165) is 30.5 Å². The Hall–Kier alpha value is -3.24. The molecule has 2 aliphatic rings. The summed E-state index contributed by atoms with van der Waals surface area (Å²) in [6.07, 6.45) is -4.63. The van der Waals surface area contributed by atoms with Gasteiger partial charge in [0.25, 0.3) is 0 Å². The molecule has 1 aliphatic carbocycles. The zero-order valence-electron chi connectivity index (χ0n) is 25.4. The number of nitrogens with one attached hydrogen (secondary N) is 1. The van der Waals surface area contributed by atoms with Crippen molar-refractivity contribution in [1.82, 2.24) is 0 Å². The molecule has 10 heteroatoms. The van der Waals surface area contributed by atoms with E-state index in [4.69, 9.17) is 14.2 Å². The molecule has 5 rings (SSSR count). The highest BCUT2D eigenvalue weighted by Gasteiger charge is 2.46. The maximum absolute atomic E-state index is 13.5. The minimum absolute atomic E-state index is 0.120. The summed E-state index contributed by atoms with van der Waals surface area (Å²) in [7, 11) is 0. The first-order valence-corrected chi connectivity index (χ1v) is 15.4. The van der Waals surface area contributed by atoms with Crippen LogP contribution in [0.15, 0.2) is 66.7 Å². The fourth-order valence-corrected chi connectivity index (χ4v) is 6.23. The Bertz CT molecular complexity index is 1380. The van der Waals surface area contributed by atoms with Crippen LogP contribution in [0.25, 0.3) is 0 Å². The van der Waals surface area contributed by atoms with Gasteiger partial charge in [-0.3, -0.25) is 0 Å². The third kappa shape index (κ3) is 8.52. The first-order valence-electron chi connectivity index (χ1n) is 15.4. The van der Waals surface area contributed by atoms with Crippen LogP contribution in [0.2, 0.25) is 0 Å². The van der Waals surface area contributed by atoms with Crippen molar-refractivity contribution in [2.75, 3.05) is 11.9 Å². The Balaban J connectivity index is 1.42. The lowest BCUT2D eigenvalue weighted by Gasteiger charge is -2.44. The highest BCUT2D eigenvalue weighted by atomic mass is 19.4. The fraction of sp³-hybridized carbons (Fsp3) is 0.486. The van der Waals surface area contributed by atoms with E-state index in [1.54, 1.807) is 13.8 Å². The number of benzene rings is 3. The molecule has 0 spiro atoms. The smallest absolute Gasteiger partial charge is 0.416 e. The van der Waals surface area contributed by atoms with Crippen molar-refractivity contribution in [2.45, 2.75) is 95.7 Å². The molecule has 3 aromatic carbocycles. The average molecular weight is 636 g/mol. The average Bonchev–Trinajstić information content (AvgIpc) is 2.99. The van der Waals surface area contributed by atoms with E-state index in [9.17, 15) is 26.3 Å². The molecule has 0 aromatic heterocycles. The predicted molar refractivity (Wildman–Crippen MR) is 160 cm³/mol. The third-order valence-corrected chi connectivity index (χ3v) is 8.61. The normalized spacial score (nSPS) is 20.4. The van der Waals surface area contributed by atoms with Crippen molar-refractivity contribution in [3.63, 3.8) is 0 Å². The lowest BCUT2D eigenvalue weighted by atomic mass is 9.86. The largest absolute Gasteiger partial charge is 0.485 e. The van der Waals surface area contributed by atoms with E-state index in [2.05, 4.69) is 5.32 Å². The van der Waals surface area contributed by atoms with Gasteiger partial charge in [0, 0.05) is 24.4 Å². The van der Waals surface area contributed by atoms with Gasteiger partial charge in [0.05, 0.1) is 17.7 Å². The SMILES string of the molecule is CC1(C)Oc2ccc(NCc3ccccc3)cc2C(OCCC2CCCCC2)C1OCc1cc(C(F)(F)F)cc(C(F)(F)F)c1. The van der Waals surface area contributed by atoms with Gasteiger partial charge < -0.3 is 19.5 Å². The second-order valence-corrected chi connectivity index (χ2v) is 12.5. The topological polar surface area (TPSA) is 39.7 Å². The summed E-state index contributed by atoms with van der Waals surface area (Å²) in [5, 5.41) is 3.41. The number of hydrogen-bond acceptors (Lipinski definition) is 4. The number of fused-ring (bicyclic) bond motifs is 1. The van der Waals surface area contributed by atoms with E-state index in [0.29, 0.717) is 42.5 Å². The number of halogens is 6. The Kier molecular flexibility index (Phi) is 10.0. The summed E-state index contributed by atoms with van der Waals surface area (Å²) >= 11 is 0. The molecule has 244 valence electrons. The van der Waals surface area contributed by atoms with E-state index in [1.165, 1.54) is 19.3 Å². The molecule has 2 atom stereocenters. The first kappa shape index (κ1) is 33.1. The van der Waals surface area contributed by atoms with Gasteiger partial charge in [-0.2, -0.15) is 26.3 Å². The molecule has 45 heavy (non-hydrogen) atoms. The van der Waals surface area contributed by atoms with E-state index < -0.39 is 47.9 Å².